The molecular weight excluding hydrogens is 308 g/mol. The molecule has 3 rings (SSSR count). The van der Waals surface area contributed by atoms with Gasteiger partial charge in [0.1, 0.15) is 0 Å². The number of hydrogen-bond donors (Lipinski definition) is 1. The Morgan fingerprint density at radius 3 is 3.00 bits per heavy atom. The molecule has 2 heterocycles. The Kier molecular flexibility index (Phi) is 3.30. The van der Waals surface area contributed by atoms with Crippen LogP contribution >= 0.6 is 27.3 Å². The normalized spacial score (nSPS) is 10.7. The highest BCUT2D eigenvalue weighted by Gasteiger charge is 2.03. The molecule has 2 aromatic heterocycles. The summed E-state index contributed by atoms with van der Waals surface area (Å²) >= 11 is 5.21. The maximum absolute atomic E-state index is 4.14. The summed E-state index contributed by atoms with van der Waals surface area (Å²) in [4.78, 5) is 4.14. The van der Waals surface area contributed by atoms with E-state index in [1.807, 2.05) is 12.3 Å². The number of thiophene rings is 1. The lowest BCUT2D eigenvalue weighted by Crippen LogP contribution is -1.98. The van der Waals surface area contributed by atoms with Gasteiger partial charge in [-0.1, -0.05) is 18.2 Å². The first-order chi connectivity index (χ1) is 8.83. The summed E-state index contributed by atoms with van der Waals surface area (Å²) in [6.45, 7) is 0.822. The monoisotopic (exact) mass is 318 g/mol. The van der Waals surface area contributed by atoms with Crippen LogP contribution in [0.15, 0.2) is 52.6 Å². The van der Waals surface area contributed by atoms with Gasteiger partial charge in [-0.05, 0) is 44.4 Å². The quantitative estimate of drug-likeness (QED) is 0.759. The smallest absolute Gasteiger partial charge is 0.0540 e. The molecule has 0 bridgehead atoms. The molecule has 2 nitrogen and oxygen atoms in total. The van der Waals surface area contributed by atoms with E-state index in [9.17, 15) is 0 Å². The molecular formula is C14H11BrN2S. The van der Waals surface area contributed by atoms with Crippen molar-refractivity contribution in [1.82, 2.24) is 4.98 Å². The van der Waals surface area contributed by atoms with Crippen molar-refractivity contribution in [3.63, 3.8) is 0 Å². The average Bonchev–Trinajstić information content (AvgIpc) is 2.80. The summed E-state index contributed by atoms with van der Waals surface area (Å²) in [6, 6.07) is 10.5. The van der Waals surface area contributed by atoms with Crippen molar-refractivity contribution in [3.05, 3.63) is 58.1 Å². The van der Waals surface area contributed by atoms with Gasteiger partial charge in [-0.15, -0.1) is 11.3 Å². The maximum Gasteiger partial charge on any atom is 0.0540 e. The van der Waals surface area contributed by atoms with Crippen LogP contribution in [0.4, 0.5) is 5.69 Å². The van der Waals surface area contributed by atoms with Crippen molar-refractivity contribution in [2.24, 2.45) is 0 Å². The summed E-state index contributed by atoms with van der Waals surface area (Å²) in [6.07, 6.45) is 3.62. The van der Waals surface area contributed by atoms with E-state index < -0.39 is 0 Å². The van der Waals surface area contributed by atoms with Gasteiger partial charge in [0.25, 0.3) is 0 Å². The van der Waals surface area contributed by atoms with Gasteiger partial charge in [-0.2, -0.15) is 0 Å². The van der Waals surface area contributed by atoms with E-state index in [1.165, 1.54) is 15.6 Å². The zero-order chi connectivity index (χ0) is 12.4. The standard InChI is InChI=1S/C14H11BrN2S/c15-11-5-12(8-16-7-11)17-6-10-9-18-14-4-2-1-3-13(10)14/h1-5,7-9,17H,6H2. The second kappa shape index (κ2) is 5.08. The SMILES string of the molecule is Brc1cncc(NCc2csc3ccccc23)c1. The lowest BCUT2D eigenvalue weighted by atomic mass is 10.2. The number of aromatic nitrogens is 1. The Morgan fingerprint density at radius 1 is 1.22 bits per heavy atom. The molecule has 0 spiro atoms. The molecule has 90 valence electrons. The lowest BCUT2D eigenvalue weighted by Gasteiger charge is -2.05. The predicted molar refractivity (Wildman–Crippen MR) is 81.1 cm³/mol. The van der Waals surface area contributed by atoms with E-state index in [4.69, 9.17) is 0 Å². The highest BCUT2D eigenvalue weighted by Crippen LogP contribution is 2.26. The van der Waals surface area contributed by atoms with Crippen LogP contribution in [0, 0.1) is 0 Å². The molecule has 0 aliphatic heterocycles. The second-order valence-corrected chi connectivity index (χ2v) is 5.83. The van der Waals surface area contributed by atoms with Gasteiger partial charge in [-0.25, -0.2) is 0 Å². The first-order valence-corrected chi connectivity index (χ1v) is 7.30. The summed E-state index contributed by atoms with van der Waals surface area (Å²) in [5, 5.41) is 6.94. The number of nitrogens with zero attached hydrogens (tertiary/aromatic N) is 1. The first kappa shape index (κ1) is 11.7. The highest BCUT2D eigenvalue weighted by atomic mass is 79.9. The zero-order valence-electron chi connectivity index (χ0n) is 9.56. The molecule has 18 heavy (non-hydrogen) atoms. The number of anilines is 1. The highest BCUT2D eigenvalue weighted by molar-refractivity contribution is 9.10. The predicted octanol–water partition coefficient (Wildman–Crippen LogP) is 4.67. The van der Waals surface area contributed by atoms with Crippen LogP contribution in [0.25, 0.3) is 10.1 Å². The molecule has 0 aliphatic rings. The second-order valence-electron chi connectivity index (χ2n) is 4.00. The van der Waals surface area contributed by atoms with Crippen LogP contribution < -0.4 is 5.32 Å². The molecule has 3 aromatic rings. The molecule has 0 aliphatic carbocycles. The van der Waals surface area contributed by atoms with Crippen molar-refractivity contribution < 1.29 is 0 Å². The molecule has 0 fully saturated rings. The van der Waals surface area contributed by atoms with Crippen molar-refractivity contribution in [3.8, 4) is 0 Å². The minimum absolute atomic E-state index is 0.822. The Balaban J connectivity index is 1.81. The fourth-order valence-corrected chi connectivity index (χ4v) is 3.20. The summed E-state index contributed by atoms with van der Waals surface area (Å²) in [5.74, 6) is 0. The van der Waals surface area contributed by atoms with Gasteiger partial charge >= 0.3 is 0 Å². The van der Waals surface area contributed by atoms with Crippen molar-refractivity contribution in [1.29, 1.82) is 0 Å². The molecule has 0 atom stereocenters. The summed E-state index contributed by atoms with van der Waals surface area (Å²) in [5.41, 5.74) is 2.36. The topological polar surface area (TPSA) is 24.9 Å². The Morgan fingerprint density at radius 2 is 2.11 bits per heavy atom. The summed E-state index contributed by atoms with van der Waals surface area (Å²) in [7, 11) is 0. The summed E-state index contributed by atoms with van der Waals surface area (Å²) < 4.78 is 2.32. The van der Waals surface area contributed by atoms with E-state index >= 15 is 0 Å². The minimum Gasteiger partial charge on any atom is -0.380 e. The Bertz CT molecular complexity index is 678. The van der Waals surface area contributed by atoms with Gasteiger partial charge in [0.15, 0.2) is 0 Å². The van der Waals surface area contributed by atoms with E-state index in [2.05, 4.69) is 55.9 Å². The number of nitrogens with one attached hydrogen (secondary N) is 1. The van der Waals surface area contributed by atoms with Gasteiger partial charge in [0, 0.05) is 21.9 Å². The lowest BCUT2D eigenvalue weighted by molar-refractivity contribution is 1.16. The van der Waals surface area contributed by atoms with Crippen LogP contribution in [0.5, 0.6) is 0 Å². The van der Waals surface area contributed by atoms with Crippen LogP contribution in [0.2, 0.25) is 0 Å². The third-order valence-electron chi connectivity index (χ3n) is 2.75. The molecule has 4 heteroatoms. The largest absolute Gasteiger partial charge is 0.380 e. The van der Waals surface area contributed by atoms with Gasteiger partial charge in [0.05, 0.1) is 11.9 Å². The number of rotatable bonds is 3. The molecule has 0 saturated heterocycles. The number of pyridine rings is 1. The van der Waals surface area contributed by atoms with Crippen LogP contribution in [-0.2, 0) is 6.54 Å². The van der Waals surface area contributed by atoms with Crippen molar-refractivity contribution in [2.75, 3.05) is 5.32 Å². The van der Waals surface area contributed by atoms with E-state index in [0.29, 0.717) is 0 Å². The number of fused-ring (bicyclic) bond motifs is 1. The number of hydrogen-bond acceptors (Lipinski definition) is 3. The van der Waals surface area contributed by atoms with Gasteiger partial charge in [-0.3, -0.25) is 4.98 Å². The first-order valence-electron chi connectivity index (χ1n) is 5.62. The zero-order valence-corrected chi connectivity index (χ0v) is 12.0. The fourth-order valence-electron chi connectivity index (χ4n) is 1.88. The fraction of sp³-hybridized carbons (Fsp3) is 0.0714. The van der Waals surface area contributed by atoms with Gasteiger partial charge in [0.2, 0.25) is 0 Å². The molecule has 1 N–H and O–H groups in total. The Hall–Kier alpha value is -1.39. The van der Waals surface area contributed by atoms with E-state index in [0.717, 1.165) is 16.7 Å². The molecule has 0 unspecified atom stereocenters. The molecule has 0 saturated carbocycles. The third-order valence-corrected chi connectivity index (χ3v) is 4.19. The van der Waals surface area contributed by atoms with E-state index in [1.54, 1.807) is 17.5 Å². The van der Waals surface area contributed by atoms with Crippen molar-refractivity contribution in [2.45, 2.75) is 6.54 Å². The van der Waals surface area contributed by atoms with Crippen LogP contribution in [0.1, 0.15) is 5.56 Å². The molecule has 0 amide bonds. The number of halogens is 1. The molecule has 1 aromatic carbocycles. The third kappa shape index (κ3) is 2.40. The van der Waals surface area contributed by atoms with Crippen LogP contribution in [-0.4, -0.2) is 4.98 Å². The molecule has 0 radical (unpaired) electrons. The van der Waals surface area contributed by atoms with Crippen LogP contribution in [0.3, 0.4) is 0 Å². The average molecular weight is 319 g/mol. The van der Waals surface area contributed by atoms with Crippen molar-refractivity contribution >= 4 is 43.0 Å². The Labute approximate surface area is 118 Å². The van der Waals surface area contributed by atoms with E-state index in [-0.39, 0.29) is 0 Å². The number of benzene rings is 1. The minimum atomic E-state index is 0.822. The maximum atomic E-state index is 4.14. The van der Waals surface area contributed by atoms with Gasteiger partial charge < -0.3 is 5.32 Å².